The molecule has 0 spiro atoms. The quantitative estimate of drug-likeness (QED) is 0.0818. The van der Waals surface area contributed by atoms with Gasteiger partial charge in [0.15, 0.2) is 34.9 Å². The van der Waals surface area contributed by atoms with Crippen molar-refractivity contribution in [1.82, 2.24) is 74.8 Å². The molecular formula is C99H80B2BrN15O4. The molecule has 0 saturated carbocycles. The zero-order valence-electron chi connectivity index (χ0n) is 67.7. The van der Waals surface area contributed by atoms with Gasteiger partial charge in [-0.15, -0.1) is 0 Å². The molecule has 0 bridgehead atoms. The van der Waals surface area contributed by atoms with Crippen LogP contribution in [0.1, 0.15) is 55.4 Å². The number of rotatable bonds is 16. The Bertz CT molecular complexity index is 5770. The molecule has 2 aliphatic heterocycles. The first-order valence-corrected chi connectivity index (χ1v) is 40.5. The van der Waals surface area contributed by atoms with Gasteiger partial charge in [0.25, 0.3) is 0 Å². The molecule has 0 radical (unpaired) electrons. The van der Waals surface area contributed by atoms with Crippen molar-refractivity contribution in [3.05, 3.63) is 345 Å². The number of aromatic nitrogens is 15. The third-order valence-corrected chi connectivity index (χ3v) is 22.0. The lowest BCUT2D eigenvalue weighted by molar-refractivity contribution is 0.00578. The fraction of sp³-hybridized carbons (Fsp3) is 0.121. The van der Waals surface area contributed by atoms with Gasteiger partial charge in [-0.05, 0) is 216 Å². The molecule has 13 heterocycles. The number of hydrogen-bond acceptors (Lipinski definition) is 19. The second-order valence-corrected chi connectivity index (χ2v) is 32.0. The minimum Gasteiger partial charge on any atom is -0.399 e. The molecule has 121 heavy (non-hydrogen) atoms. The summed E-state index contributed by atoms with van der Waals surface area (Å²) >= 11 is 3.51. The lowest BCUT2D eigenvalue weighted by atomic mass is 9.71. The van der Waals surface area contributed by atoms with E-state index in [0.29, 0.717) is 34.9 Å². The molecule has 0 unspecified atom stereocenters. The predicted molar refractivity (Wildman–Crippen MR) is 481 cm³/mol. The highest BCUT2D eigenvalue weighted by atomic mass is 79.9. The highest BCUT2D eigenvalue weighted by Crippen LogP contribution is 2.42. The predicted octanol–water partition coefficient (Wildman–Crippen LogP) is 20.7. The molecule has 588 valence electrons. The van der Waals surface area contributed by atoms with Crippen molar-refractivity contribution in [1.29, 1.82) is 0 Å². The van der Waals surface area contributed by atoms with E-state index in [2.05, 4.69) is 149 Å². The first-order chi connectivity index (χ1) is 58.8. The topological polar surface area (TPSA) is 230 Å². The van der Waals surface area contributed by atoms with Crippen LogP contribution < -0.4 is 10.9 Å². The summed E-state index contributed by atoms with van der Waals surface area (Å²) < 4.78 is 26.8. The normalized spacial score (nSPS) is 14.1. The Hall–Kier alpha value is -13.9. The van der Waals surface area contributed by atoms with E-state index >= 15 is 0 Å². The van der Waals surface area contributed by atoms with Gasteiger partial charge in [-0.2, -0.15) is 0 Å². The highest BCUT2D eigenvalue weighted by molar-refractivity contribution is 9.10. The van der Waals surface area contributed by atoms with Crippen molar-refractivity contribution in [2.45, 2.75) is 77.8 Å². The molecule has 0 N–H and O–H groups in total. The molecule has 2 fully saturated rings. The Labute approximate surface area is 711 Å². The Morgan fingerprint density at radius 2 is 0.405 bits per heavy atom. The van der Waals surface area contributed by atoms with Crippen LogP contribution in [0.3, 0.4) is 0 Å². The zero-order valence-corrected chi connectivity index (χ0v) is 69.3. The van der Waals surface area contributed by atoms with Crippen LogP contribution in [0.4, 0.5) is 0 Å². The van der Waals surface area contributed by atoms with Gasteiger partial charge in [0.2, 0.25) is 0 Å². The van der Waals surface area contributed by atoms with Crippen molar-refractivity contribution in [2.75, 3.05) is 0 Å². The number of pyridine rings is 9. The summed E-state index contributed by atoms with van der Waals surface area (Å²) in [5.41, 5.74) is 17.8. The third-order valence-electron chi connectivity index (χ3n) is 21.5. The molecule has 17 aromatic rings. The fourth-order valence-electron chi connectivity index (χ4n) is 13.8. The summed E-state index contributed by atoms with van der Waals surface area (Å²) in [6.45, 7) is 16.4. The molecule has 0 amide bonds. The van der Waals surface area contributed by atoms with Crippen LogP contribution >= 0.6 is 15.9 Å². The summed E-state index contributed by atoms with van der Waals surface area (Å²) in [5.74, 6) is 3.40. The van der Waals surface area contributed by atoms with Crippen molar-refractivity contribution in [2.24, 2.45) is 0 Å². The van der Waals surface area contributed by atoms with Gasteiger partial charge in [0.05, 0.1) is 90.7 Å². The van der Waals surface area contributed by atoms with Gasteiger partial charge in [0.1, 0.15) is 0 Å². The van der Waals surface area contributed by atoms with Crippen molar-refractivity contribution < 1.29 is 18.6 Å². The molecule has 0 aliphatic carbocycles. The van der Waals surface area contributed by atoms with Gasteiger partial charge < -0.3 is 18.6 Å². The molecule has 22 heteroatoms. The summed E-state index contributed by atoms with van der Waals surface area (Å²) in [5, 5.41) is 0. The van der Waals surface area contributed by atoms with Crippen LogP contribution in [0.2, 0.25) is 0 Å². The van der Waals surface area contributed by atoms with Crippen LogP contribution in [-0.2, 0) is 18.6 Å². The first kappa shape index (κ1) is 79.6. The molecular weight excluding hydrogens is 1560 g/mol. The monoisotopic (exact) mass is 1640 g/mol. The van der Waals surface area contributed by atoms with Gasteiger partial charge in [-0.3, -0.25) is 29.9 Å². The maximum Gasteiger partial charge on any atom is 0.494 e. The summed E-state index contributed by atoms with van der Waals surface area (Å²) in [6, 6.07) is 99.5. The minimum atomic E-state index is -0.583. The van der Waals surface area contributed by atoms with Crippen molar-refractivity contribution in [3.8, 4) is 159 Å². The first-order valence-electron chi connectivity index (χ1n) is 39.7. The zero-order chi connectivity index (χ0) is 83.1. The van der Waals surface area contributed by atoms with E-state index in [1.807, 2.05) is 261 Å². The number of nitrogens with zero attached hydrogens (tertiary/aromatic N) is 15. The molecule has 19 nitrogen and oxygen atoms in total. The van der Waals surface area contributed by atoms with Crippen molar-refractivity contribution in [3.63, 3.8) is 0 Å². The maximum atomic E-state index is 6.47. The van der Waals surface area contributed by atoms with Gasteiger partial charge in [-0.1, -0.05) is 192 Å². The molecule has 11 aromatic heterocycles. The van der Waals surface area contributed by atoms with E-state index < -0.39 is 36.6 Å². The van der Waals surface area contributed by atoms with E-state index in [1.54, 1.807) is 37.2 Å². The third kappa shape index (κ3) is 18.1. The number of benzene rings is 6. The fourth-order valence-corrected chi connectivity index (χ4v) is 14.2. The van der Waals surface area contributed by atoms with E-state index in [-0.39, 0.29) is 0 Å². The SMILES string of the molecule is Brc1cc(-c2ccccn2)nc(-c2ccccn2)c1.CC1(C)OB(c2cc(B3OC(C)(C)C(C)(C)O3)cc(-c3nc(-c4ccccc4)nc(-c4ccccc4)n3)c2)OC1(C)C.c1ccc(-c2nc(-c3ccccc3)nc(-c3cc(-c4cc(-c5ccccn5)nc(-c5ccccn5)c4)cc(-c4cc(-c5ccccn5)nc(-c5ccccn5)c4)c3)n2)cc1. The average molecular weight is 1650 g/mol. The lowest BCUT2D eigenvalue weighted by Gasteiger charge is -2.32. The second-order valence-electron chi connectivity index (χ2n) is 31.0. The van der Waals surface area contributed by atoms with Crippen LogP contribution in [0.15, 0.2) is 345 Å². The maximum absolute atomic E-state index is 6.47. The minimum absolute atomic E-state index is 0.494. The van der Waals surface area contributed by atoms with Gasteiger partial charge >= 0.3 is 14.2 Å². The van der Waals surface area contributed by atoms with E-state index in [0.717, 1.165) is 139 Å². The van der Waals surface area contributed by atoms with Gasteiger partial charge in [-0.25, -0.2) is 44.9 Å². The molecule has 19 rings (SSSR count). The Morgan fingerprint density at radius 3 is 0.645 bits per heavy atom. The van der Waals surface area contributed by atoms with Crippen LogP contribution in [-0.4, -0.2) is 111 Å². The van der Waals surface area contributed by atoms with E-state index in [1.165, 1.54) is 0 Å². The number of halogens is 1. The average Bonchev–Trinajstić information content (AvgIpc) is 1.62. The molecule has 2 saturated heterocycles. The standard InChI is InChI=1S/C51H33N9.C33H37B2N3O4.C15H10BrN3/c1-3-15-34(16-4-1)49-58-50(35-17-5-2-6-18-35)60-51(59-49)40-28-36(38-30-45(41-19-7-11-23-52-41)56-46(31-38)42-20-8-12-24-53-42)27-37(29-40)39-32-47(43-21-9-13-25-54-43)57-48(33-39)44-22-10-14-26-55-44;1-30(2)31(3,4)40-34(39-30)25-19-24(20-26(21-25)35-41-32(5,6)33(7,8)42-35)29-37-27(22-15-11-9-12-16-22)36-28(38-29)23-17-13-10-14-18-23;16-11-9-14(12-5-1-3-7-17-12)19-15(10-11)13-6-2-4-8-18-13/h1-33H;9-21H,1-8H3;1-10H. The number of hydrogen-bond donors (Lipinski definition) is 0. The molecule has 2 aliphatic rings. The molecule has 0 atom stereocenters. The Balaban J connectivity index is 0.000000147. The smallest absolute Gasteiger partial charge is 0.399 e. The Kier molecular flexibility index (Phi) is 22.8. The Morgan fingerprint density at radius 1 is 0.198 bits per heavy atom. The van der Waals surface area contributed by atoms with Gasteiger partial charge in [0, 0.05) is 75.0 Å². The van der Waals surface area contributed by atoms with Crippen LogP contribution in [0.25, 0.3) is 159 Å². The van der Waals surface area contributed by atoms with E-state index in [9.17, 15) is 0 Å². The van der Waals surface area contributed by atoms with Crippen molar-refractivity contribution >= 4 is 41.1 Å². The highest BCUT2D eigenvalue weighted by Gasteiger charge is 2.54. The van der Waals surface area contributed by atoms with Crippen LogP contribution in [0, 0.1) is 0 Å². The summed E-state index contributed by atoms with van der Waals surface area (Å²) in [7, 11) is -1.17. The summed E-state index contributed by atoms with van der Waals surface area (Å²) in [6.07, 6.45) is 10.6. The van der Waals surface area contributed by atoms with E-state index in [4.69, 9.17) is 58.5 Å². The second kappa shape index (κ2) is 34.6. The largest absolute Gasteiger partial charge is 0.494 e. The summed E-state index contributed by atoms with van der Waals surface area (Å²) in [4.78, 5) is 72.1. The molecule has 6 aromatic carbocycles. The van der Waals surface area contributed by atoms with Crippen LogP contribution in [0.5, 0.6) is 0 Å². The lowest BCUT2D eigenvalue weighted by Crippen LogP contribution is -2.41.